The lowest BCUT2D eigenvalue weighted by atomic mass is 10.1. The summed E-state index contributed by atoms with van der Waals surface area (Å²) >= 11 is 0. The molecule has 0 spiro atoms. The summed E-state index contributed by atoms with van der Waals surface area (Å²) in [6.45, 7) is 6.14. The molecule has 2 aromatic carbocycles. The van der Waals surface area contributed by atoms with E-state index in [4.69, 9.17) is 9.26 Å². The predicted molar refractivity (Wildman–Crippen MR) is 102 cm³/mol. The first-order valence-electron chi connectivity index (χ1n) is 8.84. The van der Waals surface area contributed by atoms with Gasteiger partial charge in [0.05, 0.1) is 12.6 Å². The molecule has 1 amide bonds. The van der Waals surface area contributed by atoms with E-state index in [1.807, 2.05) is 51.1 Å². The van der Waals surface area contributed by atoms with Gasteiger partial charge < -0.3 is 14.2 Å². The molecule has 0 atom stereocenters. The zero-order valence-electron chi connectivity index (χ0n) is 16.0. The number of ether oxygens (including phenoxy) is 1. The molecule has 6 nitrogen and oxygen atoms in total. The minimum atomic E-state index is -0.140. The molecular formula is C21H23N3O3. The van der Waals surface area contributed by atoms with Crippen LogP contribution < -0.4 is 4.74 Å². The highest BCUT2D eigenvalue weighted by Gasteiger charge is 2.17. The third-order valence-corrected chi connectivity index (χ3v) is 3.95. The number of hydrogen-bond donors (Lipinski definition) is 0. The van der Waals surface area contributed by atoms with Crippen LogP contribution in [-0.2, 0) is 6.54 Å². The zero-order chi connectivity index (χ0) is 19.4. The van der Waals surface area contributed by atoms with Gasteiger partial charge in [0.25, 0.3) is 5.91 Å². The second-order valence-corrected chi connectivity index (χ2v) is 6.73. The van der Waals surface area contributed by atoms with Crippen molar-refractivity contribution in [3.63, 3.8) is 0 Å². The number of carbonyl (C=O) groups excluding carboxylic acids is 1. The van der Waals surface area contributed by atoms with Crippen LogP contribution in [0.15, 0.2) is 53.1 Å². The molecule has 27 heavy (non-hydrogen) atoms. The highest BCUT2D eigenvalue weighted by atomic mass is 16.5. The maximum absolute atomic E-state index is 12.7. The maximum atomic E-state index is 12.7. The molecule has 140 valence electrons. The summed E-state index contributed by atoms with van der Waals surface area (Å²) in [4.78, 5) is 18.6. The Morgan fingerprint density at radius 2 is 1.93 bits per heavy atom. The van der Waals surface area contributed by atoms with Crippen LogP contribution in [0.25, 0.3) is 11.4 Å². The van der Waals surface area contributed by atoms with Crippen LogP contribution >= 0.6 is 0 Å². The Kier molecular flexibility index (Phi) is 5.54. The van der Waals surface area contributed by atoms with E-state index in [1.165, 1.54) is 0 Å². The number of rotatable bonds is 6. The molecule has 0 aliphatic heterocycles. The van der Waals surface area contributed by atoms with Gasteiger partial charge in [0.1, 0.15) is 5.75 Å². The van der Waals surface area contributed by atoms with Crippen LogP contribution in [0.2, 0.25) is 0 Å². The number of carbonyl (C=O) groups is 1. The van der Waals surface area contributed by atoms with Crippen molar-refractivity contribution in [2.75, 3.05) is 7.05 Å². The fourth-order valence-electron chi connectivity index (χ4n) is 2.61. The normalized spacial score (nSPS) is 10.9. The topological polar surface area (TPSA) is 68.5 Å². The highest BCUT2D eigenvalue weighted by Crippen LogP contribution is 2.19. The molecule has 0 fully saturated rings. The van der Waals surface area contributed by atoms with Gasteiger partial charge in [-0.25, -0.2) is 0 Å². The molecule has 0 bridgehead atoms. The average molecular weight is 365 g/mol. The lowest BCUT2D eigenvalue weighted by molar-refractivity contribution is 0.0769. The molecule has 0 saturated heterocycles. The van der Waals surface area contributed by atoms with Gasteiger partial charge >= 0.3 is 0 Å². The molecule has 1 aromatic heterocycles. The summed E-state index contributed by atoms with van der Waals surface area (Å²) in [6, 6.07) is 15.0. The summed E-state index contributed by atoms with van der Waals surface area (Å²) in [6.07, 6.45) is 0.0478. The zero-order valence-corrected chi connectivity index (χ0v) is 16.0. The predicted octanol–water partition coefficient (Wildman–Crippen LogP) is 4.10. The summed E-state index contributed by atoms with van der Waals surface area (Å²) in [7, 11) is 1.70. The van der Waals surface area contributed by atoms with Crippen LogP contribution in [0.1, 0.15) is 35.7 Å². The molecule has 6 heteroatoms. The van der Waals surface area contributed by atoms with Gasteiger partial charge in [-0.2, -0.15) is 4.98 Å². The van der Waals surface area contributed by atoms with Crippen LogP contribution in [0.3, 0.4) is 0 Å². The molecule has 3 aromatic rings. The third-order valence-electron chi connectivity index (χ3n) is 3.95. The fraction of sp³-hybridized carbons (Fsp3) is 0.286. The van der Waals surface area contributed by atoms with E-state index in [0.29, 0.717) is 23.0 Å². The molecule has 0 N–H and O–H groups in total. The molecule has 3 rings (SSSR count). The molecular weight excluding hydrogens is 342 g/mol. The molecule has 0 saturated carbocycles. The lowest BCUT2D eigenvalue weighted by Crippen LogP contribution is -2.26. The van der Waals surface area contributed by atoms with Crippen molar-refractivity contribution >= 4 is 5.91 Å². The van der Waals surface area contributed by atoms with Crippen molar-refractivity contribution < 1.29 is 14.1 Å². The first-order valence-corrected chi connectivity index (χ1v) is 8.84. The Hall–Kier alpha value is -3.15. The number of aryl methyl sites for hydroxylation is 1. The van der Waals surface area contributed by atoms with Gasteiger partial charge in [-0.1, -0.05) is 41.1 Å². The van der Waals surface area contributed by atoms with Gasteiger partial charge in [0.15, 0.2) is 0 Å². The second kappa shape index (κ2) is 8.03. The number of amides is 1. The monoisotopic (exact) mass is 365 g/mol. The van der Waals surface area contributed by atoms with Crippen molar-refractivity contribution in [2.24, 2.45) is 0 Å². The fourth-order valence-corrected chi connectivity index (χ4v) is 2.61. The van der Waals surface area contributed by atoms with E-state index in [-0.39, 0.29) is 18.6 Å². The van der Waals surface area contributed by atoms with E-state index < -0.39 is 0 Å². The highest BCUT2D eigenvalue weighted by molar-refractivity contribution is 5.94. The van der Waals surface area contributed by atoms with E-state index in [9.17, 15) is 4.79 Å². The molecule has 0 radical (unpaired) electrons. The SMILES string of the molecule is Cc1ccc(-c2noc(CN(C)C(=O)c3cccc(OC(C)C)c3)n2)cc1. The largest absolute Gasteiger partial charge is 0.491 e. The smallest absolute Gasteiger partial charge is 0.254 e. The van der Waals surface area contributed by atoms with Crippen LogP contribution in [-0.4, -0.2) is 34.1 Å². The first kappa shape index (κ1) is 18.6. The molecule has 0 unspecified atom stereocenters. The van der Waals surface area contributed by atoms with E-state index >= 15 is 0 Å². The summed E-state index contributed by atoms with van der Waals surface area (Å²) in [5.74, 6) is 1.43. The Labute approximate surface area is 158 Å². The quantitative estimate of drug-likeness (QED) is 0.658. The lowest BCUT2D eigenvalue weighted by Gasteiger charge is -2.16. The Bertz CT molecular complexity index is 916. The van der Waals surface area contributed by atoms with Gasteiger partial charge in [-0.05, 0) is 39.0 Å². The van der Waals surface area contributed by atoms with Crippen molar-refractivity contribution in [1.29, 1.82) is 0 Å². The third kappa shape index (κ3) is 4.73. The van der Waals surface area contributed by atoms with Crippen LogP contribution in [0, 0.1) is 6.92 Å². The van der Waals surface area contributed by atoms with Crippen LogP contribution in [0.5, 0.6) is 5.75 Å². The van der Waals surface area contributed by atoms with Gasteiger partial charge in [-0.3, -0.25) is 4.79 Å². The van der Waals surface area contributed by atoms with E-state index in [1.54, 1.807) is 30.1 Å². The molecule has 0 aliphatic rings. The standard InChI is InChI=1S/C21H23N3O3/c1-14(2)26-18-7-5-6-17(12-18)21(25)24(4)13-19-22-20(23-27-19)16-10-8-15(3)9-11-16/h5-12,14H,13H2,1-4H3. The van der Waals surface area contributed by atoms with E-state index in [0.717, 1.165) is 11.1 Å². The maximum Gasteiger partial charge on any atom is 0.254 e. The number of hydrogen-bond acceptors (Lipinski definition) is 5. The number of aromatic nitrogens is 2. The van der Waals surface area contributed by atoms with Crippen molar-refractivity contribution in [3.05, 3.63) is 65.5 Å². The Morgan fingerprint density at radius 1 is 1.19 bits per heavy atom. The van der Waals surface area contributed by atoms with Gasteiger partial charge in [-0.15, -0.1) is 0 Å². The number of benzene rings is 2. The van der Waals surface area contributed by atoms with Gasteiger partial charge in [0, 0.05) is 18.2 Å². The Morgan fingerprint density at radius 3 is 2.63 bits per heavy atom. The van der Waals surface area contributed by atoms with Crippen molar-refractivity contribution in [2.45, 2.75) is 33.4 Å². The summed E-state index contributed by atoms with van der Waals surface area (Å²) in [5.41, 5.74) is 2.59. The van der Waals surface area contributed by atoms with Crippen LogP contribution in [0.4, 0.5) is 0 Å². The summed E-state index contributed by atoms with van der Waals surface area (Å²) in [5, 5.41) is 4.00. The minimum Gasteiger partial charge on any atom is -0.491 e. The molecule has 0 aliphatic carbocycles. The van der Waals surface area contributed by atoms with Gasteiger partial charge in [0.2, 0.25) is 11.7 Å². The Balaban J connectivity index is 1.69. The molecule has 1 heterocycles. The average Bonchev–Trinajstić information content (AvgIpc) is 3.09. The number of nitrogens with zero attached hydrogens (tertiary/aromatic N) is 3. The second-order valence-electron chi connectivity index (χ2n) is 6.73. The van der Waals surface area contributed by atoms with Crippen molar-refractivity contribution in [3.8, 4) is 17.1 Å². The van der Waals surface area contributed by atoms with E-state index in [2.05, 4.69) is 10.1 Å². The minimum absolute atomic E-state index is 0.0478. The first-order chi connectivity index (χ1) is 12.9. The summed E-state index contributed by atoms with van der Waals surface area (Å²) < 4.78 is 11.0. The van der Waals surface area contributed by atoms with Crippen molar-refractivity contribution in [1.82, 2.24) is 15.0 Å².